The SMILES string of the molecule is CC[C@H](Oc1nc(Cl)c(F)c2c1ONC(SC)=N2)[C@H]1NC[C@H]2CC[C@@H]1N2C(=O)OC(C)(C)C. The number of pyridine rings is 1. The van der Waals surface area contributed by atoms with E-state index in [1.165, 1.54) is 11.8 Å². The Morgan fingerprint density at radius 1 is 1.42 bits per heavy atom. The average molecular weight is 502 g/mol. The number of nitrogens with zero attached hydrogens (tertiary/aromatic N) is 3. The van der Waals surface area contributed by atoms with Crippen molar-refractivity contribution in [1.29, 1.82) is 0 Å². The zero-order valence-corrected chi connectivity index (χ0v) is 20.8. The molecule has 1 aromatic heterocycles. The molecule has 0 unspecified atom stereocenters. The number of hydroxylamine groups is 1. The number of halogens is 2. The van der Waals surface area contributed by atoms with E-state index in [2.05, 4.69) is 20.8 Å². The molecule has 0 aromatic carbocycles. The summed E-state index contributed by atoms with van der Waals surface area (Å²) in [6, 6.07) is -0.198. The van der Waals surface area contributed by atoms with Crippen LogP contribution in [-0.4, -0.2) is 63.8 Å². The first-order valence-corrected chi connectivity index (χ1v) is 12.6. The monoisotopic (exact) mass is 501 g/mol. The second-order valence-corrected chi connectivity index (χ2v) is 10.4. The number of fused-ring (bicyclic) bond motifs is 3. The van der Waals surface area contributed by atoms with E-state index in [0.717, 1.165) is 12.8 Å². The van der Waals surface area contributed by atoms with Crippen molar-refractivity contribution in [2.45, 2.75) is 76.8 Å². The van der Waals surface area contributed by atoms with Crippen molar-refractivity contribution in [1.82, 2.24) is 20.7 Å². The van der Waals surface area contributed by atoms with Crippen molar-refractivity contribution in [3.63, 3.8) is 0 Å². The second-order valence-electron chi connectivity index (χ2n) is 9.21. The van der Waals surface area contributed by atoms with Crippen LogP contribution in [0.15, 0.2) is 4.99 Å². The number of carbonyl (C=O) groups excluding carboxylic acids is 1. The topological polar surface area (TPSA) is 97.3 Å². The van der Waals surface area contributed by atoms with E-state index in [4.69, 9.17) is 25.9 Å². The Morgan fingerprint density at radius 2 is 2.18 bits per heavy atom. The van der Waals surface area contributed by atoms with Gasteiger partial charge in [0.05, 0.1) is 12.1 Å². The highest BCUT2D eigenvalue weighted by Crippen LogP contribution is 2.43. The molecule has 4 rings (SSSR count). The van der Waals surface area contributed by atoms with Crippen molar-refractivity contribution in [2.24, 2.45) is 4.99 Å². The molecule has 12 heteroatoms. The van der Waals surface area contributed by atoms with Crippen LogP contribution in [0.4, 0.5) is 14.9 Å². The molecule has 2 fully saturated rings. The number of aromatic nitrogens is 1. The molecule has 182 valence electrons. The van der Waals surface area contributed by atoms with Gasteiger partial charge in [-0.1, -0.05) is 30.3 Å². The summed E-state index contributed by atoms with van der Waals surface area (Å²) in [6.45, 7) is 8.19. The molecular formula is C21H29ClFN5O4S. The van der Waals surface area contributed by atoms with Gasteiger partial charge in [-0.25, -0.2) is 14.2 Å². The molecule has 9 nitrogen and oxygen atoms in total. The van der Waals surface area contributed by atoms with Crippen LogP contribution >= 0.6 is 23.4 Å². The maximum atomic E-state index is 14.6. The van der Waals surface area contributed by atoms with E-state index in [1.807, 2.05) is 32.6 Å². The number of aliphatic imine (C=N–C) groups is 1. The van der Waals surface area contributed by atoms with Gasteiger partial charge >= 0.3 is 6.09 Å². The van der Waals surface area contributed by atoms with Crippen molar-refractivity contribution >= 4 is 40.3 Å². The number of piperazine rings is 1. The minimum Gasteiger partial charge on any atom is -0.470 e. The van der Waals surface area contributed by atoms with E-state index in [-0.39, 0.29) is 52.8 Å². The van der Waals surface area contributed by atoms with E-state index >= 15 is 0 Å². The second kappa shape index (κ2) is 9.34. The zero-order chi connectivity index (χ0) is 23.9. The first-order chi connectivity index (χ1) is 15.6. The molecular weight excluding hydrogens is 473 g/mol. The van der Waals surface area contributed by atoms with Crippen LogP contribution in [0.2, 0.25) is 5.15 Å². The minimum absolute atomic E-state index is 0.0391. The fourth-order valence-corrected chi connectivity index (χ4v) is 4.95. The van der Waals surface area contributed by atoms with Crippen LogP contribution in [0.25, 0.3) is 0 Å². The number of amides is 1. The van der Waals surface area contributed by atoms with Crippen molar-refractivity contribution in [2.75, 3.05) is 12.8 Å². The van der Waals surface area contributed by atoms with Crippen molar-refractivity contribution < 1.29 is 23.5 Å². The highest BCUT2D eigenvalue weighted by Gasteiger charge is 2.49. The number of rotatable bonds is 4. The lowest BCUT2D eigenvalue weighted by molar-refractivity contribution is -0.00750. The number of thioether (sulfide) groups is 1. The average Bonchev–Trinajstić information content (AvgIpc) is 3.08. The summed E-state index contributed by atoms with van der Waals surface area (Å²) in [6.07, 6.45) is 3.41. The number of amidine groups is 1. The number of hydrogen-bond donors (Lipinski definition) is 2. The third-order valence-electron chi connectivity index (χ3n) is 5.87. The fourth-order valence-electron chi connectivity index (χ4n) is 4.47. The lowest BCUT2D eigenvalue weighted by Crippen LogP contribution is -2.64. The van der Waals surface area contributed by atoms with Crippen LogP contribution in [0.1, 0.15) is 47.0 Å². The normalized spacial score (nSPS) is 24.9. The highest BCUT2D eigenvalue weighted by atomic mass is 35.5. The molecule has 0 radical (unpaired) electrons. The number of nitrogens with one attached hydrogen (secondary N) is 2. The third kappa shape index (κ3) is 4.81. The van der Waals surface area contributed by atoms with Crippen molar-refractivity contribution in [3.05, 3.63) is 11.0 Å². The predicted octanol–water partition coefficient (Wildman–Crippen LogP) is 4.02. The number of carbonyl (C=O) groups is 1. The summed E-state index contributed by atoms with van der Waals surface area (Å²) in [4.78, 5) is 28.6. The smallest absolute Gasteiger partial charge is 0.410 e. The number of ether oxygens (including phenoxy) is 2. The molecule has 0 saturated carbocycles. The van der Waals surface area contributed by atoms with Gasteiger partial charge in [0.15, 0.2) is 21.8 Å². The van der Waals surface area contributed by atoms with Gasteiger partial charge in [-0.2, -0.15) is 10.5 Å². The predicted molar refractivity (Wildman–Crippen MR) is 125 cm³/mol. The summed E-state index contributed by atoms with van der Waals surface area (Å²) in [5.41, 5.74) is 2.01. The van der Waals surface area contributed by atoms with Gasteiger partial charge in [0, 0.05) is 12.6 Å². The lowest BCUT2D eigenvalue weighted by Gasteiger charge is -2.43. The van der Waals surface area contributed by atoms with Gasteiger partial charge in [0.25, 0.3) is 5.88 Å². The summed E-state index contributed by atoms with van der Waals surface area (Å²) in [5.74, 6) is -0.687. The molecule has 33 heavy (non-hydrogen) atoms. The molecule has 2 saturated heterocycles. The molecule has 1 aromatic rings. The number of hydrogen-bond acceptors (Lipinski definition) is 9. The maximum Gasteiger partial charge on any atom is 0.410 e. The van der Waals surface area contributed by atoms with Crippen LogP contribution in [-0.2, 0) is 4.74 Å². The summed E-state index contributed by atoms with van der Waals surface area (Å²) in [7, 11) is 0. The lowest BCUT2D eigenvalue weighted by atomic mass is 9.97. The Hall–Kier alpha value is -1.98. The van der Waals surface area contributed by atoms with E-state index < -0.39 is 11.4 Å². The fraction of sp³-hybridized carbons (Fsp3) is 0.667. The largest absolute Gasteiger partial charge is 0.470 e. The minimum atomic E-state index is -0.773. The van der Waals surface area contributed by atoms with Crippen LogP contribution in [0.3, 0.4) is 0 Å². The molecule has 2 N–H and O–H groups in total. The van der Waals surface area contributed by atoms with Gasteiger partial charge in [-0.15, -0.1) is 0 Å². The van der Waals surface area contributed by atoms with Gasteiger partial charge in [-0.05, 0) is 46.3 Å². The summed E-state index contributed by atoms with van der Waals surface area (Å²) >= 11 is 7.31. The Labute approximate surface area is 201 Å². The van der Waals surface area contributed by atoms with E-state index in [9.17, 15) is 9.18 Å². The molecule has 2 bridgehead atoms. The maximum absolute atomic E-state index is 14.6. The first kappa shape index (κ1) is 24.2. The molecule has 4 atom stereocenters. The van der Waals surface area contributed by atoms with E-state index in [1.54, 1.807) is 6.26 Å². The van der Waals surface area contributed by atoms with Crippen LogP contribution < -0.4 is 20.4 Å². The van der Waals surface area contributed by atoms with Gasteiger partial charge in [0.1, 0.15) is 11.7 Å². The third-order valence-corrected chi connectivity index (χ3v) is 6.68. The van der Waals surface area contributed by atoms with Crippen molar-refractivity contribution in [3.8, 4) is 11.6 Å². The van der Waals surface area contributed by atoms with Gasteiger partial charge < -0.3 is 19.6 Å². The van der Waals surface area contributed by atoms with Gasteiger partial charge in [0.2, 0.25) is 5.75 Å². The molecule has 0 aliphatic carbocycles. The highest BCUT2D eigenvalue weighted by molar-refractivity contribution is 8.13. The molecule has 3 aliphatic heterocycles. The van der Waals surface area contributed by atoms with Crippen LogP contribution in [0, 0.1) is 5.82 Å². The van der Waals surface area contributed by atoms with E-state index in [0.29, 0.717) is 18.1 Å². The summed E-state index contributed by atoms with van der Waals surface area (Å²) < 4.78 is 26.5. The molecule has 1 amide bonds. The summed E-state index contributed by atoms with van der Waals surface area (Å²) in [5, 5.41) is 3.57. The molecule has 4 heterocycles. The standard InChI is InChI=1S/C21H29ClFN5O4S/c1-6-12(14-11-8-7-10(9-24-14)28(11)20(29)31-21(2,3)4)30-18-16-15(13(23)17(22)26-18)25-19(33-5)27-32-16/h10-12,14,24H,6-9H2,1-5H3,(H,25,27)/t10-,11+,12+,14+/m1/s1. The van der Waals surface area contributed by atoms with Gasteiger partial charge in [-0.3, -0.25) is 4.90 Å². The Morgan fingerprint density at radius 3 is 2.85 bits per heavy atom. The Bertz CT molecular complexity index is 960. The quantitative estimate of drug-likeness (QED) is 0.597. The molecule has 0 spiro atoms. The Balaban J connectivity index is 1.60. The molecule has 3 aliphatic rings. The Kier molecular flexibility index (Phi) is 6.84. The van der Waals surface area contributed by atoms with Crippen LogP contribution in [0.5, 0.6) is 11.6 Å². The first-order valence-electron chi connectivity index (χ1n) is 11.0. The zero-order valence-electron chi connectivity index (χ0n) is 19.3.